The molecule has 0 bridgehead atoms. The molecule has 2 aromatic rings. The van der Waals surface area contributed by atoms with E-state index in [-0.39, 0.29) is 0 Å². The Morgan fingerprint density at radius 3 is 3.11 bits per heavy atom. The van der Waals surface area contributed by atoms with E-state index < -0.39 is 0 Å². The fourth-order valence-corrected chi connectivity index (χ4v) is 1.86. The van der Waals surface area contributed by atoms with Gasteiger partial charge >= 0.3 is 0 Å². The van der Waals surface area contributed by atoms with Crippen molar-refractivity contribution >= 4 is 17.3 Å². The molecule has 0 saturated heterocycles. The van der Waals surface area contributed by atoms with Gasteiger partial charge in [0.1, 0.15) is 5.82 Å². The average Bonchev–Trinajstić information content (AvgIpc) is 2.86. The zero-order valence-corrected chi connectivity index (χ0v) is 10.8. The molecule has 0 radical (unpaired) electrons. The van der Waals surface area contributed by atoms with Crippen LogP contribution in [0.25, 0.3) is 5.65 Å². The predicted octanol–water partition coefficient (Wildman–Crippen LogP) is 0.678. The molecule has 0 atom stereocenters. The van der Waals surface area contributed by atoms with Crippen molar-refractivity contribution in [3.05, 3.63) is 18.6 Å². The summed E-state index contributed by atoms with van der Waals surface area (Å²) in [6.07, 6.45) is 5.63. The van der Waals surface area contributed by atoms with E-state index in [1.54, 1.807) is 19.5 Å². The van der Waals surface area contributed by atoms with Crippen LogP contribution in [0.5, 0.6) is 0 Å². The number of nitrogens with zero attached hydrogens (tertiary/aromatic N) is 5. The van der Waals surface area contributed by atoms with E-state index in [0.29, 0.717) is 37.8 Å². The molecule has 7 heteroatoms. The number of rotatable bonds is 6. The highest BCUT2D eigenvalue weighted by atomic mass is 16.5. The van der Waals surface area contributed by atoms with Gasteiger partial charge in [-0.25, -0.2) is 9.97 Å². The third-order valence-electron chi connectivity index (χ3n) is 2.73. The third-order valence-corrected chi connectivity index (χ3v) is 2.73. The Labute approximate surface area is 111 Å². The van der Waals surface area contributed by atoms with Crippen molar-refractivity contribution in [3.8, 4) is 6.07 Å². The third kappa shape index (κ3) is 2.92. The van der Waals surface area contributed by atoms with Gasteiger partial charge in [-0.1, -0.05) is 0 Å². The first-order valence-electron chi connectivity index (χ1n) is 5.96. The van der Waals surface area contributed by atoms with Crippen molar-refractivity contribution in [2.75, 3.05) is 37.4 Å². The molecule has 2 aromatic heterocycles. The van der Waals surface area contributed by atoms with E-state index in [9.17, 15) is 0 Å². The number of aromatic nitrogens is 3. The number of anilines is 2. The Balaban J connectivity index is 2.36. The van der Waals surface area contributed by atoms with Crippen LogP contribution in [0.3, 0.4) is 0 Å². The summed E-state index contributed by atoms with van der Waals surface area (Å²) >= 11 is 0. The van der Waals surface area contributed by atoms with Crippen molar-refractivity contribution in [2.24, 2.45) is 0 Å². The molecule has 0 amide bonds. The highest BCUT2D eigenvalue weighted by molar-refractivity contribution is 5.66. The quantitative estimate of drug-likeness (QED) is 0.821. The molecular formula is C12H16N6O. The van der Waals surface area contributed by atoms with Gasteiger partial charge in [0, 0.05) is 32.6 Å². The highest BCUT2D eigenvalue weighted by Crippen LogP contribution is 2.19. The molecule has 2 rings (SSSR count). The molecular weight excluding hydrogens is 244 g/mol. The zero-order valence-electron chi connectivity index (χ0n) is 10.8. The molecule has 0 aliphatic heterocycles. The molecule has 2 N–H and O–H groups in total. The molecule has 0 unspecified atom stereocenters. The molecule has 100 valence electrons. The Hall–Kier alpha value is -2.33. The Bertz CT molecular complexity index is 587. The van der Waals surface area contributed by atoms with Gasteiger partial charge in [0.25, 0.3) is 0 Å². The number of ether oxygens (including phenoxy) is 1. The Morgan fingerprint density at radius 2 is 2.37 bits per heavy atom. The van der Waals surface area contributed by atoms with Crippen molar-refractivity contribution in [2.45, 2.75) is 6.42 Å². The van der Waals surface area contributed by atoms with Crippen LogP contribution in [0.1, 0.15) is 6.42 Å². The van der Waals surface area contributed by atoms with Gasteiger partial charge in [0.2, 0.25) is 0 Å². The van der Waals surface area contributed by atoms with Crippen molar-refractivity contribution in [1.82, 2.24) is 14.4 Å². The maximum atomic E-state index is 8.74. The second-order valence-electron chi connectivity index (χ2n) is 4.04. The van der Waals surface area contributed by atoms with Gasteiger partial charge in [-0.3, -0.25) is 0 Å². The van der Waals surface area contributed by atoms with Crippen molar-refractivity contribution < 1.29 is 4.74 Å². The minimum Gasteiger partial charge on any atom is -0.383 e. The summed E-state index contributed by atoms with van der Waals surface area (Å²) < 4.78 is 6.91. The summed E-state index contributed by atoms with van der Waals surface area (Å²) in [6.45, 7) is 1.75. The van der Waals surface area contributed by atoms with E-state index in [4.69, 9.17) is 15.7 Å². The normalized spacial score (nSPS) is 10.5. The van der Waals surface area contributed by atoms with Crippen LogP contribution in [0.4, 0.5) is 11.6 Å². The minimum atomic E-state index is 0.410. The molecule has 0 aliphatic carbocycles. The van der Waals surface area contributed by atoms with Crippen LogP contribution in [-0.4, -0.2) is 41.2 Å². The van der Waals surface area contributed by atoms with E-state index in [1.165, 1.54) is 0 Å². The summed E-state index contributed by atoms with van der Waals surface area (Å²) in [4.78, 5) is 10.6. The number of imidazole rings is 1. The van der Waals surface area contributed by atoms with Crippen LogP contribution in [0, 0.1) is 11.3 Å². The first-order valence-corrected chi connectivity index (χ1v) is 5.96. The number of hydrogen-bond donors (Lipinski definition) is 1. The van der Waals surface area contributed by atoms with Gasteiger partial charge in [-0.05, 0) is 0 Å². The summed E-state index contributed by atoms with van der Waals surface area (Å²) in [5, 5.41) is 8.74. The number of nitrogen functional groups attached to an aromatic ring is 1. The molecule has 2 heterocycles. The van der Waals surface area contributed by atoms with E-state index in [0.717, 1.165) is 5.65 Å². The zero-order chi connectivity index (χ0) is 13.7. The number of hydrogen-bond acceptors (Lipinski definition) is 6. The fraction of sp³-hybridized carbons (Fsp3) is 0.417. The van der Waals surface area contributed by atoms with Crippen LogP contribution < -0.4 is 10.6 Å². The van der Waals surface area contributed by atoms with Crippen molar-refractivity contribution in [1.29, 1.82) is 5.26 Å². The molecule has 0 saturated carbocycles. The van der Waals surface area contributed by atoms with Gasteiger partial charge in [-0.2, -0.15) is 5.26 Å². The molecule has 0 spiro atoms. The molecule has 7 nitrogen and oxygen atoms in total. The van der Waals surface area contributed by atoms with E-state index >= 15 is 0 Å². The minimum absolute atomic E-state index is 0.410. The lowest BCUT2D eigenvalue weighted by atomic mass is 10.4. The van der Waals surface area contributed by atoms with Gasteiger partial charge < -0.3 is 19.8 Å². The Kier molecular flexibility index (Phi) is 4.15. The van der Waals surface area contributed by atoms with Crippen molar-refractivity contribution in [3.63, 3.8) is 0 Å². The maximum Gasteiger partial charge on any atom is 0.180 e. The smallest absolute Gasteiger partial charge is 0.180 e. The lowest BCUT2D eigenvalue weighted by Crippen LogP contribution is -2.29. The van der Waals surface area contributed by atoms with Crippen LogP contribution in [-0.2, 0) is 4.74 Å². The monoisotopic (exact) mass is 260 g/mol. The fourth-order valence-electron chi connectivity index (χ4n) is 1.86. The summed E-state index contributed by atoms with van der Waals surface area (Å²) in [5.41, 5.74) is 6.52. The number of nitriles is 1. The first-order chi connectivity index (χ1) is 9.26. The second-order valence-corrected chi connectivity index (χ2v) is 4.04. The SMILES string of the molecule is COCCN(CCC#N)c1nc(N)cn2ccnc12. The first kappa shape index (κ1) is 13.1. The molecule has 19 heavy (non-hydrogen) atoms. The highest BCUT2D eigenvalue weighted by Gasteiger charge is 2.14. The molecule has 0 fully saturated rings. The van der Waals surface area contributed by atoms with Crippen LogP contribution >= 0.6 is 0 Å². The summed E-state index contributed by atoms with van der Waals surface area (Å²) in [5.74, 6) is 1.09. The lowest BCUT2D eigenvalue weighted by molar-refractivity contribution is 0.205. The number of nitrogens with two attached hydrogens (primary N) is 1. The summed E-state index contributed by atoms with van der Waals surface area (Å²) in [6, 6.07) is 2.13. The number of fused-ring (bicyclic) bond motifs is 1. The van der Waals surface area contributed by atoms with Gasteiger partial charge in [0.05, 0.1) is 25.3 Å². The average molecular weight is 260 g/mol. The van der Waals surface area contributed by atoms with Gasteiger partial charge in [0.15, 0.2) is 11.5 Å². The molecule has 0 aromatic carbocycles. The Morgan fingerprint density at radius 1 is 1.53 bits per heavy atom. The lowest BCUT2D eigenvalue weighted by Gasteiger charge is -2.22. The van der Waals surface area contributed by atoms with Gasteiger partial charge in [-0.15, -0.1) is 0 Å². The van der Waals surface area contributed by atoms with E-state index in [2.05, 4.69) is 16.0 Å². The largest absolute Gasteiger partial charge is 0.383 e. The van der Waals surface area contributed by atoms with Crippen LogP contribution in [0.15, 0.2) is 18.6 Å². The predicted molar refractivity (Wildman–Crippen MR) is 71.7 cm³/mol. The second kappa shape index (κ2) is 6.02. The molecule has 0 aliphatic rings. The van der Waals surface area contributed by atoms with Crippen LogP contribution in [0.2, 0.25) is 0 Å². The number of methoxy groups -OCH3 is 1. The van der Waals surface area contributed by atoms with E-state index in [1.807, 2.05) is 15.5 Å². The standard InChI is InChI=1S/C12H16N6O/c1-19-8-7-17(5-2-3-13)12-11-15-4-6-18(11)9-10(14)16-12/h4,6,9H,2,5,7-8,14H2,1H3. The summed E-state index contributed by atoms with van der Waals surface area (Å²) in [7, 11) is 1.64. The topological polar surface area (TPSA) is 92.5 Å². The maximum absolute atomic E-state index is 8.74.